The molecule has 0 radical (unpaired) electrons. The summed E-state index contributed by atoms with van der Waals surface area (Å²) < 4.78 is 6.51. The molecule has 0 atom stereocenters. The lowest BCUT2D eigenvalue weighted by molar-refractivity contribution is 0.665. The lowest BCUT2D eigenvalue weighted by Crippen LogP contribution is -2.15. The smallest absolute Gasteiger partial charge is 0.143 e. The van der Waals surface area contributed by atoms with E-state index in [0.717, 1.165) is 11.2 Å². The van der Waals surface area contributed by atoms with Crippen LogP contribution in [-0.4, -0.2) is 0 Å². The quantitative estimate of drug-likeness (QED) is 0.166. The van der Waals surface area contributed by atoms with Crippen LogP contribution in [0.25, 0.3) is 110 Å². The van der Waals surface area contributed by atoms with Gasteiger partial charge in [-0.25, -0.2) is 0 Å². The van der Waals surface area contributed by atoms with Crippen molar-refractivity contribution >= 4 is 65.0 Å². The molecule has 0 fully saturated rings. The summed E-state index contributed by atoms with van der Waals surface area (Å²) in [6.07, 6.45) is 0. The van der Waals surface area contributed by atoms with E-state index in [1.807, 2.05) is 6.07 Å². The lowest BCUT2D eigenvalue weighted by atomic mass is 9.79. The first-order valence-electron chi connectivity index (χ1n) is 19.6. The van der Waals surface area contributed by atoms with E-state index < -0.39 is 0 Å². The van der Waals surface area contributed by atoms with Crippen LogP contribution in [0.2, 0.25) is 0 Å². The van der Waals surface area contributed by atoms with Gasteiger partial charge in [-0.05, 0) is 130 Å². The van der Waals surface area contributed by atoms with Gasteiger partial charge in [-0.15, -0.1) is 0 Å². The van der Waals surface area contributed by atoms with Crippen LogP contribution >= 0.6 is 0 Å². The molecule has 1 aromatic heterocycles. The molecule has 1 heterocycles. The molecule has 0 spiro atoms. The Hall–Kier alpha value is -6.96. The first-order valence-corrected chi connectivity index (χ1v) is 19.6. The van der Waals surface area contributed by atoms with Gasteiger partial charge in [0.2, 0.25) is 0 Å². The van der Waals surface area contributed by atoms with Gasteiger partial charge in [0.15, 0.2) is 0 Å². The molecule has 10 aromatic carbocycles. The molecule has 12 rings (SSSR count). The van der Waals surface area contributed by atoms with Crippen molar-refractivity contribution in [3.8, 4) is 44.5 Å². The van der Waals surface area contributed by atoms with Gasteiger partial charge < -0.3 is 4.42 Å². The predicted molar refractivity (Wildman–Crippen MR) is 238 cm³/mol. The van der Waals surface area contributed by atoms with Gasteiger partial charge in [-0.3, -0.25) is 0 Å². The second-order valence-corrected chi connectivity index (χ2v) is 16.0. The van der Waals surface area contributed by atoms with E-state index in [-0.39, 0.29) is 5.41 Å². The van der Waals surface area contributed by atoms with Crippen molar-refractivity contribution in [2.24, 2.45) is 0 Å². The number of furan rings is 1. The van der Waals surface area contributed by atoms with Crippen LogP contribution in [0.15, 0.2) is 186 Å². The van der Waals surface area contributed by atoms with Crippen LogP contribution in [0.1, 0.15) is 25.0 Å². The highest BCUT2D eigenvalue weighted by Gasteiger charge is 2.37. The van der Waals surface area contributed by atoms with Crippen LogP contribution < -0.4 is 0 Å². The van der Waals surface area contributed by atoms with E-state index >= 15 is 0 Å². The monoisotopic (exact) mass is 712 g/mol. The lowest BCUT2D eigenvalue weighted by Gasteiger charge is -2.23. The van der Waals surface area contributed by atoms with Gasteiger partial charge in [0.05, 0.1) is 0 Å². The summed E-state index contributed by atoms with van der Waals surface area (Å²) >= 11 is 0. The van der Waals surface area contributed by atoms with Crippen molar-refractivity contribution in [1.82, 2.24) is 0 Å². The molecule has 1 aliphatic carbocycles. The third-order valence-corrected chi connectivity index (χ3v) is 12.6. The highest BCUT2D eigenvalue weighted by molar-refractivity contribution is 6.22. The van der Waals surface area contributed by atoms with Crippen molar-refractivity contribution in [2.75, 3.05) is 0 Å². The summed E-state index contributed by atoms with van der Waals surface area (Å²) in [7, 11) is 0. The zero-order chi connectivity index (χ0) is 37.1. The first-order chi connectivity index (χ1) is 27.5. The number of fused-ring (bicyclic) bond motifs is 12. The molecule has 0 unspecified atom stereocenters. The fraction of sp³-hybridized carbons (Fsp3) is 0.0545. The Morgan fingerprint density at radius 2 is 0.875 bits per heavy atom. The van der Waals surface area contributed by atoms with Gasteiger partial charge in [-0.2, -0.15) is 0 Å². The minimum absolute atomic E-state index is 0.172. The van der Waals surface area contributed by atoms with Gasteiger partial charge in [-0.1, -0.05) is 159 Å². The molecular weight excluding hydrogens is 677 g/mol. The van der Waals surface area contributed by atoms with Crippen molar-refractivity contribution in [2.45, 2.75) is 19.3 Å². The van der Waals surface area contributed by atoms with E-state index in [9.17, 15) is 0 Å². The van der Waals surface area contributed by atoms with Crippen LogP contribution in [0.5, 0.6) is 0 Å². The maximum absolute atomic E-state index is 6.51. The van der Waals surface area contributed by atoms with E-state index in [2.05, 4.69) is 190 Å². The van der Waals surface area contributed by atoms with Gasteiger partial charge >= 0.3 is 0 Å². The topological polar surface area (TPSA) is 13.1 Å². The Labute approximate surface area is 325 Å². The maximum Gasteiger partial charge on any atom is 0.143 e. The predicted octanol–water partition coefficient (Wildman–Crippen LogP) is 15.5. The Kier molecular flexibility index (Phi) is 6.46. The number of rotatable bonds is 3. The Balaban J connectivity index is 1.05. The number of hydrogen-bond acceptors (Lipinski definition) is 1. The second-order valence-electron chi connectivity index (χ2n) is 16.0. The largest absolute Gasteiger partial charge is 0.455 e. The molecule has 0 saturated carbocycles. The Morgan fingerprint density at radius 1 is 0.357 bits per heavy atom. The average Bonchev–Trinajstić information content (AvgIpc) is 3.74. The van der Waals surface area contributed by atoms with E-state index in [4.69, 9.17) is 4.42 Å². The summed E-state index contributed by atoms with van der Waals surface area (Å²) in [5, 5.41) is 12.3. The van der Waals surface area contributed by atoms with Crippen molar-refractivity contribution in [3.05, 3.63) is 193 Å². The molecule has 0 N–H and O–H groups in total. The molecule has 0 bridgehead atoms. The van der Waals surface area contributed by atoms with Crippen molar-refractivity contribution in [1.29, 1.82) is 0 Å². The summed E-state index contributed by atoms with van der Waals surface area (Å²) in [4.78, 5) is 0. The fourth-order valence-corrected chi connectivity index (χ4v) is 10.1. The average molecular weight is 713 g/mol. The van der Waals surface area contributed by atoms with Crippen molar-refractivity contribution in [3.63, 3.8) is 0 Å². The summed E-state index contributed by atoms with van der Waals surface area (Å²) in [6, 6.07) is 67.2. The molecule has 262 valence electrons. The fourth-order valence-electron chi connectivity index (χ4n) is 10.1. The molecule has 0 amide bonds. The third-order valence-electron chi connectivity index (χ3n) is 12.6. The molecule has 0 aliphatic heterocycles. The van der Waals surface area contributed by atoms with E-state index in [1.165, 1.54) is 109 Å². The SMILES string of the molecule is CC1(C)c2ccc(-c3c4ccccc4c(-c4ccc5cc(-c6ccccc6)ccc5c4)c4ccccc34)cc2-c2ccc3c(ccc4c5ccccc5oc34)c21. The second kappa shape index (κ2) is 11.5. The zero-order valence-corrected chi connectivity index (χ0v) is 31.2. The molecule has 1 aliphatic rings. The molecule has 1 nitrogen and oxygen atoms in total. The summed E-state index contributed by atoms with van der Waals surface area (Å²) in [5.41, 5.74) is 14.6. The van der Waals surface area contributed by atoms with Crippen molar-refractivity contribution < 1.29 is 4.42 Å². The van der Waals surface area contributed by atoms with Gasteiger partial charge in [0.1, 0.15) is 11.2 Å². The number of hydrogen-bond donors (Lipinski definition) is 0. The third kappa shape index (κ3) is 4.37. The van der Waals surface area contributed by atoms with Crippen LogP contribution in [0, 0.1) is 0 Å². The van der Waals surface area contributed by atoms with Gasteiger partial charge in [0.25, 0.3) is 0 Å². The minimum atomic E-state index is -0.172. The molecule has 11 aromatic rings. The number of benzene rings is 10. The highest BCUT2D eigenvalue weighted by Crippen LogP contribution is 2.54. The summed E-state index contributed by atoms with van der Waals surface area (Å²) in [6.45, 7) is 4.76. The molecule has 56 heavy (non-hydrogen) atoms. The summed E-state index contributed by atoms with van der Waals surface area (Å²) in [5.74, 6) is 0. The van der Waals surface area contributed by atoms with Crippen LogP contribution in [-0.2, 0) is 5.41 Å². The standard InChI is InChI=1S/C55H36O/c1-55(2)49-29-24-38(32-48(49)45-26-28-47-44(53(45)55)25-27-46-39-14-10-11-19-50(39)56-54(46)47)52-42-17-8-6-15-40(42)51(41-16-7-9-18-43(41)52)37-23-22-35-30-34(20-21-36(35)31-37)33-12-4-3-5-13-33/h3-32H,1-2H3. The zero-order valence-electron chi connectivity index (χ0n) is 31.2. The minimum Gasteiger partial charge on any atom is -0.455 e. The Morgan fingerprint density at radius 3 is 1.57 bits per heavy atom. The van der Waals surface area contributed by atoms with Crippen LogP contribution in [0.3, 0.4) is 0 Å². The van der Waals surface area contributed by atoms with Gasteiger partial charge in [0, 0.05) is 21.6 Å². The highest BCUT2D eigenvalue weighted by atomic mass is 16.3. The Bertz CT molecular complexity index is 3380. The number of para-hydroxylation sites is 1. The normalized spacial score (nSPS) is 13.3. The molecular formula is C55H36O. The maximum atomic E-state index is 6.51. The van der Waals surface area contributed by atoms with E-state index in [1.54, 1.807) is 0 Å². The van der Waals surface area contributed by atoms with Crippen LogP contribution in [0.4, 0.5) is 0 Å². The molecule has 1 heteroatoms. The first kappa shape index (κ1) is 31.4. The molecule has 0 saturated heterocycles. The van der Waals surface area contributed by atoms with E-state index in [0.29, 0.717) is 0 Å².